The second-order valence-corrected chi connectivity index (χ2v) is 7.44. The first-order chi connectivity index (χ1) is 11.5. The fourth-order valence-electron chi connectivity index (χ4n) is 2.00. The number of amides is 1. The average Bonchev–Trinajstić information content (AvgIpc) is 2.49. The van der Waals surface area contributed by atoms with Crippen LogP contribution in [0.15, 0.2) is 16.6 Å². The van der Waals surface area contributed by atoms with Crippen molar-refractivity contribution in [1.82, 2.24) is 10.6 Å². The molecule has 25 heavy (non-hydrogen) atoms. The van der Waals surface area contributed by atoms with Gasteiger partial charge in [-0.3, -0.25) is 9.59 Å². The van der Waals surface area contributed by atoms with E-state index in [1.807, 2.05) is 20.8 Å². The van der Waals surface area contributed by atoms with Crippen molar-refractivity contribution in [3.05, 3.63) is 22.2 Å². The minimum atomic E-state index is -0.953. The maximum atomic E-state index is 12.0. The first kappa shape index (κ1) is 21.2. The number of ether oxygens (including phenoxy) is 2. The topological polar surface area (TPSA) is 96.9 Å². The molecule has 0 spiro atoms. The number of hydrogen-bond donors (Lipinski definition) is 3. The zero-order valence-corrected chi connectivity index (χ0v) is 16.7. The van der Waals surface area contributed by atoms with Crippen LogP contribution in [0.5, 0.6) is 11.5 Å². The highest BCUT2D eigenvalue weighted by atomic mass is 79.9. The highest BCUT2D eigenvalue weighted by molar-refractivity contribution is 9.10. The van der Waals surface area contributed by atoms with Crippen molar-refractivity contribution < 1.29 is 24.2 Å². The normalized spacial score (nSPS) is 12.4. The molecule has 0 aliphatic rings. The molecule has 140 valence electrons. The van der Waals surface area contributed by atoms with E-state index in [2.05, 4.69) is 26.6 Å². The van der Waals surface area contributed by atoms with Crippen molar-refractivity contribution in [2.24, 2.45) is 0 Å². The van der Waals surface area contributed by atoms with Crippen LogP contribution in [0.1, 0.15) is 33.3 Å². The van der Waals surface area contributed by atoms with E-state index in [9.17, 15) is 9.59 Å². The standard InChI is InChI=1S/C17H25BrN2O5/c1-10(16(22)23)19-8-11-12(18)6-7-13(24-5)15(11)25-9-14(21)20-17(2,3)4/h6-7,10,19H,8-9H2,1-5H3,(H,20,21)(H,22,23). The molecule has 0 aromatic heterocycles. The number of carbonyl (C=O) groups is 2. The third-order valence-electron chi connectivity index (χ3n) is 3.20. The van der Waals surface area contributed by atoms with Crippen molar-refractivity contribution >= 4 is 27.8 Å². The Morgan fingerprint density at radius 3 is 2.48 bits per heavy atom. The molecule has 1 atom stereocenters. The first-order valence-corrected chi connectivity index (χ1v) is 8.60. The molecule has 3 N–H and O–H groups in total. The molecule has 1 aromatic rings. The maximum absolute atomic E-state index is 12.0. The van der Waals surface area contributed by atoms with E-state index in [1.54, 1.807) is 19.1 Å². The number of rotatable bonds is 8. The van der Waals surface area contributed by atoms with E-state index >= 15 is 0 Å². The van der Waals surface area contributed by atoms with Gasteiger partial charge in [-0.2, -0.15) is 0 Å². The van der Waals surface area contributed by atoms with Gasteiger partial charge in [-0.15, -0.1) is 0 Å². The molecule has 0 aliphatic carbocycles. The third kappa shape index (κ3) is 6.91. The minimum Gasteiger partial charge on any atom is -0.493 e. The van der Waals surface area contributed by atoms with E-state index in [-0.39, 0.29) is 24.6 Å². The highest BCUT2D eigenvalue weighted by Crippen LogP contribution is 2.36. The average molecular weight is 417 g/mol. The van der Waals surface area contributed by atoms with Gasteiger partial charge in [-0.25, -0.2) is 0 Å². The van der Waals surface area contributed by atoms with Crippen LogP contribution >= 0.6 is 15.9 Å². The lowest BCUT2D eigenvalue weighted by Gasteiger charge is -2.22. The van der Waals surface area contributed by atoms with E-state index < -0.39 is 12.0 Å². The monoisotopic (exact) mass is 416 g/mol. The molecule has 1 amide bonds. The van der Waals surface area contributed by atoms with Gasteiger partial charge in [0.1, 0.15) is 6.04 Å². The Morgan fingerprint density at radius 2 is 1.96 bits per heavy atom. The van der Waals surface area contributed by atoms with Gasteiger partial charge in [0.25, 0.3) is 5.91 Å². The molecule has 0 heterocycles. The van der Waals surface area contributed by atoms with Crippen molar-refractivity contribution in [3.63, 3.8) is 0 Å². The molecule has 8 heteroatoms. The van der Waals surface area contributed by atoms with Crippen molar-refractivity contribution in [2.45, 2.75) is 45.8 Å². The van der Waals surface area contributed by atoms with Gasteiger partial charge in [0.2, 0.25) is 0 Å². The van der Waals surface area contributed by atoms with Crippen molar-refractivity contribution in [1.29, 1.82) is 0 Å². The number of methoxy groups -OCH3 is 1. The largest absolute Gasteiger partial charge is 0.493 e. The Kier molecular flexibility index (Phi) is 7.69. The molecule has 0 bridgehead atoms. The first-order valence-electron chi connectivity index (χ1n) is 7.80. The molecule has 0 aliphatic heterocycles. The quantitative estimate of drug-likeness (QED) is 0.601. The Labute approximate surface area is 156 Å². The Hall–Kier alpha value is -1.80. The molecule has 0 radical (unpaired) electrons. The lowest BCUT2D eigenvalue weighted by atomic mass is 10.1. The second-order valence-electron chi connectivity index (χ2n) is 6.59. The zero-order valence-electron chi connectivity index (χ0n) is 15.1. The molecule has 0 saturated heterocycles. The molecule has 0 fully saturated rings. The molecule has 7 nitrogen and oxygen atoms in total. The van der Waals surface area contributed by atoms with E-state index in [0.29, 0.717) is 17.1 Å². The zero-order chi connectivity index (χ0) is 19.2. The molecule has 0 saturated carbocycles. The minimum absolute atomic E-state index is 0.175. The highest BCUT2D eigenvalue weighted by Gasteiger charge is 2.19. The van der Waals surface area contributed by atoms with Crippen LogP contribution < -0.4 is 20.1 Å². The summed E-state index contributed by atoms with van der Waals surface area (Å²) in [7, 11) is 1.50. The van der Waals surface area contributed by atoms with Crippen LogP contribution in [0.2, 0.25) is 0 Å². The maximum Gasteiger partial charge on any atom is 0.320 e. The van der Waals surface area contributed by atoms with Crippen LogP contribution in [-0.2, 0) is 16.1 Å². The summed E-state index contributed by atoms with van der Waals surface area (Å²) >= 11 is 3.43. The molecule has 1 unspecified atom stereocenters. The summed E-state index contributed by atoms with van der Waals surface area (Å²) in [6.07, 6.45) is 0. The number of benzene rings is 1. The van der Waals surface area contributed by atoms with Gasteiger partial charge in [-0.05, 0) is 39.8 Å². The fourth-order valence-corrected chi connectivity index (χ4v) is 2.45. The van der Waals surface area contributed by atoms with Crippen LogP contribution in [-0.4, -0.2) is 42.3 Å². The van der Waals surface area contributed by atoms with Crippen molar-refractivity contribution in [2.75, 3.05) is 13.7 Å². The van der Waals surface area contributed by atoms with Crippen molar-refractivity contribution in [3.8, 4) is 11.5 Å². The number of aliphatic carboxylic acids is 1. The summed E-state index contributed by atoms with van der Waals surface area (Å²) in [5.74, 6) is -0.351. The summed E-state index contributed by atoms with van der Waals surface area (Å²) in [4.78, 5) is 23.0. The Balaban J connectivity index is 2.96. The lowest BCUT2D eigenvalue weighted by Crippen LogP contribution is -2.43. The van der Waals surface area contributed by atoms with E-state index in [0.717, 1.165) is 4.47 Å². The van der Waals surface area contributed by atoms with Gasteiger partial charge in [0.05, 0.1) is 7.11 Å². The summed E-state index contributed by atoms with van der Waals surface area (Å²) in [6, 6.07) is 2.77. The van der Waals surface area contributed by atoms with Gasteiger partial charge >= 0.3 is 5.97 Å². The lowest BCUT2D eigenvalue weighted by molar-refractivity contribution is -0.139. The number of nitrogens with one attached hydrogen (secondary N) is 2. The number of carboxylic acid groups (broad SMARTS) is 1. The Morgan fingerprint density at radius 1 is 1.32 bits per heavy atom. The van der Waals surface area contributed by atoms with Crippen LogP contribution in [0.3, 0.4) is 0 Å². The Bertz CT molecular complexity index is 628. The number of carboxylic acids is 1. The fraction of sp³-hybridized carbons (Fsp3) is 0.529. The summed E-state index contributed by atoms with van der Waals surface area (Å²) < 4.78 is 11.7. The van der Waals surface area contributed by atoms with E-state index in [1.165, 1.54) is 7.11 Å². The molecule has 1 aromatic carbocycles. The van der Waals surface area contributed by atoms with Crippen LogP contribution in [0.25, 0.3) is 0 Å². The predicted octanol–water partition coefficient (Wildman–Crippen LogP) is 2.31. The summed E-state index contributed by atoms with van der Waals surface area (Å²) in [6.45, 7) is 7.26. The molecule has 1 rings (SSSR count). The molecular formula is C17H25BrN2O5. The second kappa shape index (κ2) is 9.05. The van der Waals surface area contributed by atoms with Gasteiger partial charge in [0, 0.05) is 22.1 Å². The van der Waals surface area contributed by atoms with Gasteiger partial charge in [0.15, 0.2) is 18.1 Å². The van der Waals surface area contributed by atoms with Gasteiger partial charge < -0.3 is 25.2 Å². The van der Waals surface area contributed by atoms with E-state index in [4.69, 9.17) is 14.6 Å². The van der Waals surface area contributed by atoms with Crippen LogP contribution in [0, 0.1) is 0 Å². The SMILES string of the molecule is COc1ccc(Br)c(CNC(C)C(=O)O)c1OCC(=O)NC(C)(C)C. The summed E-state index contributed by atoms with van der Waals surface area (Å²) in [5, 5.41) is 14.7. The predicted molar refractivity (Wildman–Crippen MR) is 98.0 cm³/mol. The summed E-state index contributed by atoms with van der Waals surface area (Å²) in [5.41, 5.74) is 0.319. The number of halogens is 1. The number of carbonyl (C=O) groups excluding carboxylic acids is 1. The third-order valence-corrected chi connectivity index (χ3v) is 3.95. The number of hydrogen-bond acceptors (Lipinski definition) is 5. The smallest absolute Gasteiger partial charge is 0.320 e. The van der Waals surface area contributed by atoms with Crippen LogP contribution in [0.4, 0.5) is 0 Å². The van der Waals surface area contributed by atoms with Gasteiger partial charge in [-0.1, -0.05) is 15.9 Å². The molecular weight excluding hydrogens is 392 g/mol.